The van der Waals surface area contributed by atoms with Crippen LogP contribution in [0.5, 0.6) is 0 Å². The number of hydrogen-bond donors (Lipinski definition) is 1. The summed E-state index contributed by atoms with van der Waals surface area (Å²) in [5, 5.41) is 9.46. The maximum absolute atomic E-state index is 13.1. The van der Waals surface area contributed by atoms with Gasteiger partial charge < -0.3 is 14.7 Å². The van der Waals surface area contributed by atoms with Gasteiger partial charge in [-0.25, -0.2) is 0 Å². The molecule has 1 amide bonds. The van der Waals surface area contributed by atoms with E-state index in [0.29, 0.717) is 26.1 Å². The fraction of sp³-hybridized carbons (Fsp3) is 0.367. The molecule has 4 rings (SSSR count). The molecule has 1 N–H and O–H groups in total. The lowest BCUT2D eigenvalue weighted by atomic mass is 9.75. The molecule has 184 valence electrons. The molecule has 0 spiro atoms. The van der Waals surface area contributed by atoms with Gasteiger partial charge in [-0.2, -0.15) is 0 Å². The zero-order valence-electron chi connectivity index (χ0n) is 20.7. The molecule has 0 aliphatic carbocycles. The summed E-state index contributed by atoms with van der Waals surface area (Å²) in [6.45, 7) is 6.67. The van der Waals surface area contributed by atoms with Gasteiger partial charge in [0.1, 0.15) is 6.10 Å². The van der Waals surface area contributed by atoms with Gasteiger partial charge in [-0.1, -0.05) is 91.0 Å². The van der Waals surface area contributed by atoms with Crippen molar-refractivity contribution < 1.29 is 14.6 Å². The van der Waals surface area contributed by atoms with Gasteiger partial charge in [0.2, 0.25) is 0 Å². The fourth-order valence-electron chi connectivity index (χ4n) is 5.09. The number of amides is 1. The number of aliphatic hydroxyl groups excluding tert-OH is 1. The summed E-state index contributed by atoms with van der Waals surface area (Å²) in [6, 6.07) is 32.0. The predicted octanol–water partition coefficient (Wildman–Crippen LogP) is 4.30. The molecule has 3 aromatic carbocycles. The minimum Gasteiger partial charge on any atom is -0.393 e. The standard InChI is InChI=1S/C30H36N2O3/c1-24(33)18-23-35-25(2)29(34)31-19-21-32(22-20-31)30(26-12-6-3-7-13-26,27-14-8-4-9-15-27)28-16-10-5-11-17-28/h3-17,24-25,33H,18-23H2,1-2H3. The second kappa shape index (κ2) is 11.6. The summed E-state index contributed by atoms with van der Waals surface area (Å²) in [4.78, 5) is 17.5. The van der Waals surface area contributed by atoms with E-state index in [4.69, 9.17) is 4.74 Å². The van der Waals surface area contributed by atoms with Crippen molar-refractivity contribution in [3.63, 3.8) is 0 Å². The van der Waals surface area contributed by atoms with Crippen LogP contribution in [0.3, 0.4) is 0 Å². The first-order valence-corrected chi connectivity index (χ1v) is 12.5. The number of ether oxygens (including phenoxy) is 1. The van der Waals surface area contributed by atoms with E-state index >= 15 is 0 Å². The molecule has 1 saturated heterocycles. The van der Waals surface area contributed by atoms with Crippen LogP contribution in [0, 0.1) is 0 Å². The van der Waals surface area contributed by atoms with Crippen molar-refractivity contribution in [2.45, 2.75) is 38.0 Å². The van der Waals surface area contributed by atoms with Crippen LogP contribution in [0.15, 0.2) is 91.0 Å². The summed E-state index contributed by atoms with van der Waals surface area (Å²) in [6.07, 6.45) is -0.413. The molecule has 1 heterocycles. The molecule has 3 aromatic rings. The van der Waals surface area contributed by atoms with Crippen molar-refractivity contribution in [3.05, 3.63) is 108 Å². The van der Waals surface area contributed by atoms with E-state index in [1.165, 1.54) is 16.7 Å². The van der Waals surface area contributed by atoms with Crippen LogP contribution in [0.2, 0.25) is 0 Å². The average molecular weight is 473 g/mol. The number of carbonyl (C=O) groups is 1. The number of carbonyl (C=O) groups excluding carboxylic acids is 1. The van der Waals surface area contributed by atoms with Gasteiger partial charge in [0.15, 0.2) is 0 Å². The van der Waals surface area contributed by atoms with Crippen molar-refractivity contribution in [2.75, 3.05) is 32.8 Å². The Hall–Kier alpha value is -2.99. The molecule has 0 aromatic heterocycles. The van der Waals surface area contributed by atoms with Gasteiger partial charge >= 0.3 is 0 Å². The largest absolute Gasteiger partial charge is 0.393 e. The molecular weight excluding hydrogens is 436 g/mol. The van der Waals surface area contributed by atoms with Crippen molar-refractivity contribution in [2.24, 2.45) is 0 Å². The molecular formula is C30H36N2O3. The van der Waals surface area contributed by atoms with Crippen LogP contribution < -0.4 is 0 Å². The second-order valence-electron chi connectivity index (χ2n) is 9.27. The van der Waals surface area contributed by atoms with Gasteiger partial charge in [0.25, 0.3) is 5.91 Å². The summed E-state index contributed by atoms with van der Waals surface area (Å²) in [5.74, 6) is 0.0139. The Morgan fingerprint density at radius 1 is 0.800 bits per heavy atom. The Morgan fingerprint density at radius 2 is 1.23 bits per heavy atom. The molecule has 2 atom stereocenters. The normalized spacial score (nSPS) is 16.6. The van der Waals surface area contributed by atoms with E-state index in [2.05, 4.69) is 95.9 Å². The maximum Gasteiger partial charge on any atom is 0.251 e. The number of benzene rings is 3. The molecule has 0 radical (unpaired) electrons. The third-order valence-electron chi connectivity index (χ3n) is 6.89. The van der Waals surface area contributed by atoms with Gasteiger partial charge in [0.05, 0.1) is 18.2 Å². The number of hydrogen-bond acceptors (Lipinski definition) is 4. The molecule has 1 aliphatic rings. The van der Waals surface area contributed by atoms with Gasteiger partial charge in [0, 0.05) is 26.2 Å². The summed E-state index contributed by atoms with van der Waals surface area (Å²) in [7, 11) is 0. The first-order valence-electron chi connectivity index (χ1n) is 12.5. The lowest BCUT2D eigenvalue weighted by molar-refractivity contribution is -0.145. The van der Waals surface area contributed by atoms with Gasteiger partial charge in [-0.05, 0) is 37.0 Å². The molecule has 2 unspecified atom stereocenters. The molecule has 0 bridgehead atoms. The predicted molar refractivity (Wildman–Crippen MR) is 139 cm³/mol. The van der Waals surface area contributed by atoms with Crippen molar-refractivity contribution in [1.82, 2.24) is 9.80 Å². The van der Waals surface area contributed by atoms with Crippen LogP contribution in [0.25, 0.3) is 0 Å². The SMILES string of the molecule is CC(O)CCOC(C)C(=O)N1CCN(C(c2ccccc2)(c2ccccc2)c2ccccc2)CC1. The fourth-order valence-corrected chi connectivity index (χ4v) is 5.09. The van der Waals surface area contributed by atoms with E-state index in [0.717, 1.165) is 13.1 Å². The van der Waals surface area contributed by atoms with Crippen molar-refractivity contribution in [1.29, 1.82) is 0 Å². The van der Waals surface area contributed by atoms with E-state index in [1.54, 1.807) is 13.8 Å². The maximum atomic E-state index is 13.1. The van der Waals surface area contributed by atoms with Crippen LogP contribution >= 0.6 is 0 Å². The third kappa shape index (κ3) is 5.48. The number of nitrogens with zero attached hydrogens (tertiary/aromatic N) is 2. The van der Waals surface area contributed by atoms with E-state index in [-0.39, 0.29) is 5.91 Å². The van der Waals surface area contributed by atoms with Crippen molar-refractivity contribution >= 4 is 5.91 Å². The van der Waals surface area contributed by atoms with Crippen molar-refractivity contribution in [3.8, 4) is 0 Å². The number of aliphatic hydroxyl groups is 1. The Kier molecular flexibility index (Phi) is 8.34. The second-order valence-corrected chi connectivity index (χ2v) is 9.27. The summed E-state index contributed by atoms with van der Waals surface area (Å²) in [5.41, 5.74) is 3.18. The summed E-state index contributed by atoms with van der Waals surface area (Å²) >= 11 is 0. The zero-order chi connectivity index (χ0) is 24.7. The van der Waals surface area contributed by atoms with Gasteiger partial charge in [-0.3, -0.25) is 9.69 Å². The molecule has 5 nitrogen and oxygen atoms in total. The Balaban J connectivity index is 1.63. The minimum atomic E-state index is -0.512. The highest BCUT2D eigenvalue weighted by molar-refractivity contribution is 5.80. The molecule has 5 heteroatoms. The number of piperazine rings is 1. The van der Waals surface area contributed by atoms with Crippen LogP contribution in [0.1, 0.15) is 37.0 Å². The molecule has 35 heavy (non-hydrogen) atoms. The van der Waals surface area contributed by atoms with E-state index in [1.807, 2.05) is 4.90 Å². The van der Waals surface area contributed by atoms with E-state index < -0.39 is 17.7 Å². The highest BCUT2D eigenvalue weighted by Gasteiger charge is 2.43. The minimum absolute atomic E-state index is 0.0139. The Labute approximate surface area is 209 Å². The van der Waals surface area contributed by atoms with E-state index in [9.17, 15) is 9.90 Å². The third-order valence-corrected chi connectivity index (χ3v) is 6.89. The smallest absolute Gasteiger partial charge is 0.251 e. The van der Waals surface area contributed by atoms with Gasteiger partial charge in [-0.15, -0.1) is 0 Å². The summed E-state index contributed by atoms with van der Waals surface area (Å²) < 4.78 is 5.71. The van der Waals surface area contributed by atoms with Crippen LogP contribution in [-0.4, -0.2) is 65.8 Å². The van der Waals surface area contributed by atoms with Crippen LogP contribution in [-0.2, 0) is 15.1 Å². The lowest BCUT2D eigenvalue weighted by Crippen LogP contribution is -2.58. The first-order chi connectivity index (χ1) is 17.0. The lowest BCUT2D eigenvalue weighted by Gasteiger charge is -2.49. The Bertz CT molecular complexity index is 952. The average Bonchev–Trinajstić information content (AvgIpc) is 2.91. The first kappa shape index (κ1) is 25.1. The van der Waals surface area contributed by atoms with Crippen LogP contribution in [0.4, 0.5) is 0 Å². The topological polar surface area (TPSA) is 53.0 Å². The highest BCUT2D eigenvalue weighted by atomic mass is 16.5. The highest BCUT2D eigenvalue weighted by Crippen LogP contribution is 2.42. The monoisotopic (exact) mass is 472 g/mol. The Morgan fingerprint density at radius 3 is 1.63 bits per heavy atom. The zero-order valence-corrected chi connectivity index (χ0v) is 20.7. The quantitative estimate of drug-likeness (QED) is 0.472. The molecule has 1 aliphatic heterocycles. The molecule has 0 saturated carbocycles. The number of rotatable bonds is 9. The molecule has 1 fully saturated rings.